The maximum absolute atomic E-state index is 13.1. The molecular formula is C18H21N3O4S. The predicted molar refractivity (Wildman–Crippen MR) is 99.2 cm³/mol. The summed E-state index contributed by atoms with van der Waals surface area (Å²) in [6, 6.07) is 4.77. The summed E-state index contributed by atoms with van der Waals surface area (Å²) in [6.45, 7) is 2.90. The van der Waals surface area contributed by atoms with Crippen molar-refractivity contribution in [2.75, 3.05) is 31.6 Å². The quantitative estimate of drug-likeness (QED) is 0.779. The number of hydrogen-bond acceptors (Lipinski definition) is 5. The number of nitrogens with zero attached hydrogens (tertiary/aromatic N) is 2. The number of aromatic nitrogens is 1. The number of hydrogen-bond donors (Lipinski definition) is 1. The van der Waals surface area contributed by atoms with E-state index in [1.807, 2.05) is 24.9 Å². The first-order valence-electron chi connectivity index (χ1n) is 8.61. The van der Waals surface area contributed by atoms with Gasteiger partial charge in [-0.15, -0.1) is 0 Å². The molecule has 7 nitrogen and oxygen atoms in total. The summed E-state index contributed by atoms with van der Waals surface area (Å²) in [6.07, 6.45) is 1.46. The highest BCUT2D eigenvalue weighted by Gasteiger charge is 2.47. The number of rotatable bonds is 1. The van der Waals surface area contributed by atoms with Crippen molar-refractivity contribution in [1.82, 2.24) is 14.8 Å². The van der Waals surface area contributed by atoms with Crippen molar-refractivity contribution in [2.45, 2.75) is 19.0 Å². The van der Waals surface area contributed by atoms with Gasteiger partial charge in [-0.05, 0) is 25.6 Å². The summed E-state index contributed by atoms with van der Waals surface area (Å²) in [7, 11) is -1.30. The molecule has 2 unspecified atom stereocenters. The number of pyridine rings is 1. The number of sulfone groups is 1. The number of H-pyrrole nitrogens is 1. The van der Waals surface area contributed by atoms with Crippen LogP contribution in [-0.4, -0.2) is 72.8 Å². The molecule has 2 fully saturated rings. The molecule has 8 heteroatoms. The van der Waals surface area contributed by atoms with E-state index in [9.17, 15) is 18.0 Å². The number of benzene rings is 1. The van der Waals surface area contributed by atoms with E-state index >= 15 is 0 Å². The highest BCUT2D eigenvalue weighted by atomic mass is 32.2. The molecule has 0 radical (unpaired) electrons. The van der Waals surface area contributed by atoms with Gasteiger partial charge < -0.3 is 9.88 Å². The zero-order valence-corrected chi connectivity index (χ0v) is 15.5. The Kier molecular flexibility index (Phi) is 3.92. The van der Waals surface area contributed by atoms with Gasteiger partial charge in [0.05, 0.1) is 23.1 Å². The maximum atomic E-state index is 13.1. The minimum Gasteiger partial charge on any atom is -0.360 e. The van der Waals surface area contributed by atoms with E-state index in [-0.39, 0.29) is 28.5 Å². The van der Waals surface area contributed by atoms with Crippen LogP contribution in [0.15, 0.2) is 29.2 Å². The highest BCUT2D eigenvalue weighted by molar-refractivity contribution is 7.91. The molecule has 2 aliphatic rings. The van der Waals surface area contributed by atoms with Crippen molar-refractivity contribution in [3.8, 4) is 0 Å². The highest BCUT2D eigenvalue weighted by Crippen LogP contribution is 2.27. The zero-order valence-electron chi connectivity index (χ0n) is 14.7. The SMILES string of the molecule is Cc1cccc2c(=O)c(C(=O)N3CCN(C)C4CS(=O)(=O)CC43)c[nH]c12. The van der Waals surface area contributed by atoms with Crippen LogP contribution < -0.4 is 5.43 Å². The third-order valence-electron chi connectivity index (χ3n) is 5.57. The summed E-state index contributed by atoms with van der Waals surface area (Å²) < 4.78 is 24.2. The zero-order chi connectivity index (χ0) is 18.6. The fourth-order valence-corrected chi connectivity index (χ4v) is 6.15. The number of para-hydroxylation sites is 1. The minimum absolute atomic E-state index is 0.0433. The van der Waals surface area contributed by atoms with Crippen LogP contribution >= 0.6 is 0 Å². The van der Waals surface area contributed by atoms with Crippen LogP contribution in [0.25, 0.3) is 10.9 Å². The number of aryl methyl sites for hydroxylation is 1. The molecule has 138 valence electrons. The Morgan fingerprint density at radius 2 is 1.92 bits per heavy atom. The van der Waals surface area contributed by atoms with Crippen LogP contribution in [0.2, 0.25) is 0 Å². The summed E-state index contributed by atoms with van der Waals surface area (Å²) in [4.78, 5) is 32.6. The number of aromatic amines is 1. The van der Waals surface area contributed by atoms with Gasteiger partial charge in [-0.3, -0.25) is 14.5 Å². The van der Waals surface area contributed by atoms with Gasteiger partial charge in [0.25, 0.3) is 5.91 Å². The van der Waals surface area contributed by atoms with E-state index in [2.05, 4.69) is 4.98 Å². The predicted octanol–water partition coefficient (Wildman–Crippen LogP) is 0.390. The van der Waals surface area contributed by atoms with Gasteiger partial charge in [0.1, 0.15) is 5.56 Å². The fraction of sp³-hybridized carbons (Fsp3) is 0.444. The lowest BCUT2D eigenvalue weighted by Crippen LogP contribution is -2.59. The second kappa shape index (κ2) is 5.92. The number of likely N-dealkylation sites (N-methyl/N-ethyl adjacent to an activating group) is 1. The summed E-state index contributed by atoms with van der Waals surface area (Å²) in [5, 5.41) is 0.473. The lowest BCUT2D eigenvalue weighted by molar-refractivity contribution is 0.0408. The largest absolute Gasteiger partial charge is 0.360 e. The second-order valence-electron chi connectivity index (χ2n) is 7.22. The van der Waals surface area contributed by atoms with E-state index in [1.54, 1.807) is 17.0 Å². The first-order valence-corrected chi connectivity index (χ1v) is 10.4. The van der Waals surface area contributed by atoms with Crippen LogP contribution in [0.3, 0.4) is 0 Å². The van der Waals surface area contributed by atoms with Gasteiger partial charge in [0.15, 0.2) is 9.84 Å². The summed E-state index contributed by atoms with van der Waals surface area (Å²) >= 11 is 0. The van der Waals surface area contributed by atoms with Gasteiger partial charge in [-0.25, -0.2) is 8.42 Å². The molecule has 1 aromatic carbocycles. The number of carbonyl (C=O) groups is 1. The molecule has 0 bridgehead atoms. The smallest absolute Gasteiger partial charge is 0.259 e. The number of piperazine rings is 1. The average Bonchev–Trinajstić information content (AvgIpc) is 2.92. The standard InChI is InChI=1S/C18H21N3O4S/c1-11-4-3-5-12-16(11)19-8-13(17(12)22)18(23)21-7-6-20(2)14-9-26(24,25)10-15(14)21/h3-5,8,14-15H,6-7,9-10H2,1-2H3,(H,19,22). The Balaban J connectivity index is 1.75. The topological polar surface area (TPSA) is 90.6 Å². The molecule has 2 aromatic rings. The van der Waals surface area contributed by atoms with Crippen LogP contribution in [0.4, 0.5) is 0 Å². The molecule has 3 heterocycles. The van der Waals surface area contributed by atoms with Gasteiger partial charge in [0.2, 0.25) is 5.43 Å². The third kappa shape index (κ3) is 2.64. The maximum Gasteiger partial charge on any atom is 0.259 e. The lowest BCUT2D eigenvalue weighted by Gasteiger charge is -2.42. The number of fused-ring (bicyclic) bond motifs is 2. The first kappa shape index (κ1) is 17.2. The van der Waals surface area contributed by atoms with E-state index in [1.165, 1.54) is 6.20 Å². The Morgan fingerprint density at radius 1 is 1.19 bits per heavy atom. The van der Waals surface area contributed by atoms with Gasteiger partial charge >= 0.3 is 0 Å². The third-order valence-corrected chi connectivity index (χ3v) is 7.27. The summed E-state index contributed by atoms with van der Waals surface area (Å²) in [5.74, 6) is -0.376. The van der Waals surface area contributed by atoms with Crippen LogP contribution in [0, 0.1) is 6.92 Å². The molecule has 1 amide bonds. The number of carbonyl (C=O) groups excluding carboxylic acids is 1. The molecule has 0 aliphatic carbocycles. The van der Waals surface area contributed by atoms with Crippen molar-refractivity contribution >= 4 is 26.6 Å². The molecule has 1 aromatic heterocycles. The van der Waals surface area contributed by atoms with E-state index in [0.717, 1.165) is 5.56 Å². The Labute approximate surface area is 151 Å². The molecule has 0 saturated carbocycles. The Hall–Kier alpha value is -2.19. The van der Waals surface area contributed by atoms with Crippen molar-refractivity contribution in [2.24, 2.45) is 0 Å². The number of nitrogens with one attached hydrogen (secondary N) is 1. The van der Waals surface area contributed by atoms with E-state index < -0.39 is 21.8 Å². The van der Waals surface area contributed by atoms with Crippen molar-refractivity contribution in [1.29, 1.82) is 0 Å². The average molecular weight is 375 g/mol. The summed E-state index contributed by atoms with van der Waals surface area (Å²) in [5.41, 5.74) is 1.40. The van der Waals surface area contributed by atoms with Gasteiger partial charge in [-0.1, -0.05) is 12.1 Å². The van der Waals surface area contributed by atoms with Crippen molar-refractivity contribution in [3.05, 3.63) is 45.7 Å². The molecule has 4 rings (SSSR count). The second-order valence-corrected chi connectivity index (χ2v) is 9.37. The van der Waals surface area contributed by atoms with Crippen LogP contribution in [0.5, 0.6) is 0 Å². The molecule has 2 aliphatic heterocycles. The molecule has 2 saturated heterocycles. The molecule has 26 heavy (non-hydrogen) atoms. The molecule has 0 spiro atoms. The molecule has 2 atom stereocenters. The number of amides is 1. The normalized spacial score (nSPS) is 25.4. The monoisotopic (exact) mass is 375 g/mol. The molecule has 1 N–H and O–H groups in total. The Bertz CT molecular complexity index is 1060. The van der Waals surface area contributed by atoms with E-state index in [0.29, 0.717) is 24.0 Å². The van der Waals surface area contributed by atoms with Crippen molar-refractivity contribution < 1.29 is 13.2 Å². The van der Waals surface area contributed by atoms with Crippen molar-refractivity contribution in [3.63, 3.8) is 0 Å². The lowest BCUT2D eigenvalue weighted by atomic mass is 10.0. The van der Waals surface area contributed by atoms with Gasteiger partial charge in [-0.2, -0.15) is 0 Å². The fourth-order valence-electron chi connectivity index (χ4n) is 4.10. The van der Waals surface area contributed by atoms with Crippen LogP contribution in [0.1, 0.15) is 15.9 Å². The van der Waals surface area contributed by atoms with Crippen LogP contribution in [-0.2, 0) is 9.84 Å². The first-order chi connectivity index (χ1) is 12.3. The van der Waals surface area contributed by atoms with E-state index in [4.69, 9.17) is 0 Å². The Morgan fingerprint density at radius 3 is 2.69 bits per heavy atom. The molecular weight excluding hydrogens is 354 g/mol. The van der Waals surface area contributed by atoms with Gasteiger partial charge in [0, 0.05) is 30.7 Å². The minimum atomic E-state index is -3.18.